The molecule has 1 nitrogen and oxygen atoms in total. The van der Waals surface area contributed by atoms with Gasteiger partial charge >= 0.3 is 0 Å². The Hall–Kier alpha value is -7.52. The van der Waals surface area contributed by atoms with Gasteiger partial charge in [-0.05, 0) is 98.5 Å². The second-order valence-electron chi connectivity index (χ2n) is 16.8. The van der Waals surface area contributed by atoms with Crippen molar-refractivity contribution >= 4 is 64.1 Å². The van der Waals surface area contributed by atoms with E-state index in [1.807, 2.05) is 11.3 Å². The number of hydrogen-bond acceptors (Lipinski definition) is 1. The summed E-state index contributed by atoms with van der Waals surface area (Å²) in [6, 6.07) is 85.5. The number of rotatable bonds is 9. The van der Waals surface area contributed by atoms with Gasteiger partial charge in [-0.2, -0.15) is 0 Å². The second-order valence-corrected chi connectivity index (χ2v) is 17.9. The maximum atomic E-state index is 2.49. The summed E-state index contributed by atoms with van der Waals surface area (Å²) in [5, 5.41) is 7.71. The predicted molar refractivity (Wildman–Crippen MR) is 271 cm³/mol. The van der Waals surface area contributed by atoms with E-state index in [-0.39, 0.29) is 5.92 Å². The number of thiophene rings is 1. The first kappa shape index (κ1) is 37.3. The van der Waals surface area contributed by atoms with Crippen LogP contribution in [0.25, 0.3) is 91.8 Å². The molecule has 298 valence electrons. The maximum Gasteiger partial charge on any atom is 0.0547 e. The molecule has 0 saturated heterocycles. The molecule has 63 heavy (non-hydrogen) atoms. The predicted octanol–water partition coefficient (Wildman–Crippen LogP) is 17.1. The Bertz CT molecular complexity index is 3610. The number of fused-ring (bicyclic) bond motifs is 7. The van der Waals surface area contributed by atoms with Crippen LogP contribution in [0.2, 0.25) is 0 Å². The molecule has 1 atom stereocenters. The van der Waals surface area contributed by atoms with Crippen LogP contribution in [0.1, 0.15) is 29.0 Å². The summed E-state index contributed by atoms with van der Waals surface area (Å²) in [6.07, 6.45) is 1.99. The van der Waals surface area contributed by atoms with Gasteiger partial charge in [0.2, 0.25) is 0 Å². The fourth-order valence-corrected chi connectivity index (χ4v) is 11.1. The summed E-state index contributed by atoms with van der Waals surface area (Å²) in [5.41, 5.74) is 15.1. The summed E-state index contributed by atoms with van der Waals surface area (Å²) >= 11 is 1.90. The Balaban J connectivity index is 0.996. The summed E-state index contributed by atoms with van der Waals surface area (Å²) < 4.78 is 5.12. The number of nitrogens with zero attached hydrogens (tertiary/aromatic N) is 1. The number of para-hydroxylation sites is 1. The average Bonchev–Trinajstić information content (AvgIpc) is 3.90. The largest absolute Gasteiger partial charge is 0.309 e. The van der Waals surface area contributed by atoms with Crippen LogP contribution in [-0.4, -0.2) is 4.57 Å². The molecule has 0 aliphatic heterocycles. The molecule has 12 aromatic rings. The maximum absolute atomic E-state index is 2.49. The van der Waals surface area contributed by atoms with Gasteiger partial charge in [-0.1, -0.05) is 200 Å². The Morgan fingerprint density at radius 3 is 1.84 bits per heavy atom. The highest BCUT2D eigenvalue weighted by Crippen LogP contribution is 2.44. The van der Waals surface area contributed by atoms with Crippen molar-refractivity contribution in [2.75, 3.05) is 0 Å². The summed E-state index contributed by atoms with van der Waals surface area (Å²) in [4.78, 5) is 0. The quantitative estimate of drug-likeness (QED) is 0.137. The van der Waals surface area contributed by atoms with Crippen LogP contribution in [0.4, 0.5) is 0 Å². The molecule has 0 unspecified atom stereocenters. The lowest BCUT2D eigenvalue weighted by Gasteiger charge is -2.20. The molecule has 0 aliphatic carbocycles. The van der Waals surface area contributed by atoms with Crippen LogP contribution < -0.4 is 0 Å². The van der Waals surface area contributed by atoms with Gasteiger partial charge in [-0.25, -0.2) is 0 Å². The van der Waals surface area contributed by atoms with Crippen molar-refractivity contribution in [3.63, 3.8) is 0 Å². The van der Waals surface area contributed by atoms with E-state index < -0.39 is 0 Å². The summed E-state index contributed by atoms with van der Waals surface area (Å²) in [5.74, 6) is 0.223. The van der Waals surface area contributed by atoms with E-state index in [2.05, 4.69) is 235 Å². The first-order chi connectivity index (χ1) is 31.2. The van der Waals surface area contributed by atoms with Gasteiger partial charge in [0.15, 0.2) is 0 Å². The second kappa shape index (κ2) is 15.7. The van der Waals surface area contributed by atoms with Crippen LogP contribution in [0.3, 0.4) is 0 Å². The molecule has 0 radical (unpaired) electrons. The molecule has 0 spiro atoms. The Morgan fingerprint density at radius 2 is 1.03 bits per heavy atom. The Kier molecular flexibility index (Phi) is 9.31. The molecule has 0 saturated carbocycles. The molecule has 0 fully saturated rings. The van der Waals surface area contributed by atoms with Crippen LogP contribution in [0, 0.1) is 0 Å². The minimum atomic E-state index is 0.223. The van der Waals surface area contributed by atoms with E-state index >= 15 is 0 Å². The van der Waals surface area contributed by atoms with Gasteiger partial charge in [0, 0.05) is 48.1 Å². The zero-order chi connectivity index (χ0) is 41.7. The highest BCUT2D eigenvalue weighted by Gasteiger charge is 2.20. The van der Waals surface area contributed by atoms with Crippen LogP contribution in [-0.2, 0) is 6.42 Å². The van der Waals surface area contributed by atoms with Gasteiger partial charge in [0.1, 0.15) is 0 Å². The van der Waals surface area contributed by atoms with Crippen LogP contribution in [0.15, 0.2) is 231 Å². The summed E-state index contributed by atoms with van der Waals surface area (Å²) in [6.45, 7) is 0. The first-order valence-corrected chi connectivity index (χ1v) is 22.8. The lowest BCUT2D eigenvalue weighted by molar-refractivity contribution is 0.716. The summed E-state index contributed by atoms with van der Waals surface area (Å²) in [7, 11) is 0. The number of hydrogen-bond donors (Lipinski definition) is 0. The molecule has 2 heteroatoms. The van der Waals surface area contributed by atoms with E-state index in [4.69, 9.17) is 0 Å². The van der Waals surface area contributed by atoms with Gasteiger partial charge in [0.05, 0.1) is 11.0 Å². The molecule has 0 N–H and O–H groups in total. The third kappa shape index (κ3) is 6.81. The van der Waals surface area contributed by atoms with Crippen molar-refractivity contribution < 1.29 is 0 Å². The molecule has 12 rings (SSSR count). The van der Waals surface area contributed by atoms with Gasteiger partial charge in [-0.15, -0.1) is 11.3 Å². The van der Waals surface area contributed by atoms with Crippen LogP contribution >= 0.6 is 11.3 Å². The van der Waals surface area contributed by atoms with Crippen molar-refractivity contribution in [2.24, 2.45) is 0 Å². The van der Waals surface area contributed by atoms with Crippen molar-refractivity contribution in [1.29, 1.82) is 0 Å². The van der Waals surface area contributed by atoms with Crippen molar-refractivity contribution in [3.8, 4) is 39.1 Å². The van der Waals surface area contributed by atoms with Crippen molar-refractivity contribution in [1.82, 2.24) is 4.57 Å². The zero-order valence-corrected chi connectivity index (χ0v) is 35.6. The van der Waals surface area contributed by atoms with E-state index in [0.717, 1.165) is 12.8 Å². The Labute approximate surface area is 371 Å². The molecule has 2 heterocycles. The van der Waals surface area contributed by atoms with E-state index in [1.165, 1.54) is 109 Å². The smallest absolute Gasteiger partial charge is 0.0547 e. The first-order valence-electron chi connectivity index (χ1n) is 22.0. The topological polar surface area (TPSA) is 4.93 Å². The van der Waals surface area contributed by atoms with Gasteiger partial charge < -0.3 is 4.57 Å². The molecule has 0 bridgehead atoms. The monoisotopic (exact) mass is 821 g/mol. The van der Waals surface area contributed by atoms with Crippen molar-refractivity contribution in [3.05, 3.63) is 247 Å². The molecule has 0 amide bonds. The number of aryl methyl sites for hydroxylation is 1. The Morgan fingerprint density at radius 1 is 0.381 bits per heavy atom. The molecule has 0 aliphatic rings. The molecule has 10 aromatic carbocycles. The zero-order valence-electron chi connectivity index (χ0n) is 34.8. The normalized spacial score (nSPS) is 12.2. The third-order valence-corrected chi connectivity index (χ3v) is 14.3. The minimum Gasteiger partial charge on any atom is -0.309 e. The SMILES string of the molecule is c1ccc(-c2cccc([C@@H](CCc3ccc4ccccc4c3)c3ccc(-c4cc(-n5c6ccccc6c6ccc(-c7ccccc7)cc65)cc5c4sc4ccccc45)cc3)c2)cc1. The standard InChI is InChI=1S/C61H43NS/c1-3-14-42(15-4-1)48-20-13-21-50(37-48)52(34-27-41-26-28-44-18-7-8-19-47(44)36-41)45-29-31-46(32-30-45)56-39-51(40-57-55-23-10-12-25-60(55)63-61(56)57)62-58-24-11-9-22-53(58)54-35-33-49(38-59(54)62)43-16-5-2-6-17-43/h1-26,28-33,35-40,52H,27,34H2/t52-/m0/s1. The number of benzene rings is 10. The molecular weight excluding hydrogens is 779 g/mol. The number of aromatic nitrogens is 1. The van der Waals surface area contributed by atoms with E-state index in [1.54, 1.807) is 0 Å². The van der Waals surface area contributed by atoms with Gasteiger partial charge in [0.25, 0.3) is 0 Å². The van der Waals surface area contributed by atoms with Crippen molar-refractivity contribution in [2.45, 2.75) is 18.8 Å². The molecular formula is C61H43NS. The minimum absolute atomic E-state index is 0.223. The molecule has 2 aromatic heterocycles. The van der Waals surface area contributed by atoms with E-state index in [0.29, 0.717) is 0 Å². The average molecular weight is 822 g/mol. The van der Waals surface area contributed by atoms with E-state index in [9.17, 15) is 0 Å². The highest BCUT2D eigenvalue weighted by molar-refractivity contribution is 7.26. The highest BCUT2D eigenvalue weighted by atomic mass is 32.1. The van der Waals surface area contributed by atoms with Crippen LogP contribution in [0.5, 0.6) is 0 Å². The van der Waals surface area contributed by atoms with Gasteiger partial charge in [-0.3, -0.25) is 0 Å². The fraction of sp³-hybridized carbons (Fsp3) is 0.0492. The lowest BCUT2D eigenvalue weighted by atomic mass is 9.84. The fourth-order valence-electron chi connectivity index (χ4n) is 9.91. The lowest BCUT2D eigenvalue weighted by Crippen LogP contribution is -2.04. The third-order valence-electron chi connectivity index (χ3n) is 13.1.